The third-order valence-corrected chi connectivity index (χ3v) is 3.17. The van der Waals surface area contributed by atoms with Gasteiger partial charge < -0.3 is 15.1 Å². The Morgan fingerprint density at radius 3 is 2.63 bits per heavy atom. The molecule has 0 aliphatic heterocycles. The van der Waals surface area contributed by atoms with E-state index >= 15 is 0 Å². The molecule has 2 N–H and O–H groups in total. The molecular weight excluding hydrogens is 240 g/mol. The van der Waals surface area contributed by atoms with E-state index in [4.69, 9.17) is 10.4 Å². The van der Waals surface area contributed by atoms with Crippen LogP contribution in [0.25, 0.3) is 0 Å². The maximum Gasteiger partial charge on any atom is 0.0992 e. The third kappa shape index (κ3) is 4.55. The second-order valence-corrected chi connectivity index (χ2v) is 4.77. The molecule has 0 aliphatic carbocycles. The van der Waals surface area contributed by atoms with E-state index in [1.54, 1.807) is 13.0 Å². The van der Waals surface area contributed by atoms with Crippen LogP contribution in [0.5, 0.6) is 0 Å². The smallest absolute Gasteiger partial charge is 0.0992 e. The van der Waals surface area contributed by atoms with Crippen molar-refractivity contribution in [2.45, 2.75) is 32.3 Å². The number of benzene rings is 1. The second kappa shape index (κ2) is 7.78. The quantitative estimate of drug-likeness (QED) is 0.739. The minimum absolute atomic E-state index is 0.229. The standard InChI is InChI=1S/C15H22N2O2/c1-12(19)14-7-6-13(11-16)10-15(14)17(2)8-4-3-5-9-18/h6-7,10,12,18-19H,3-5,8-9H2,1-2H3/t12-/m0/s1. The number of hydrogen-bond donors (Lipinski definition) is 2. The van der Waals surface area contributed by atoms with Crippen LogP contribution in [0.3, 0.4) is 0 Å². The van der Waals surface area contributed by atoms with Gasteiger partial charge in [-0.25, -0.2) is 0 Å². The molecule has 0 unspecified atom stereocenters. The van der Waals surface area contributed by atoms with Crippen LogP contribution in [0.15, 0.2) is 18.2 Å². The first-order valence-electron chi connectivity index (χ1n) is 6.64. The van der Waals surface area contributed by atoms with E-state index in [1.807, 2.05) is 19.2 Å². The highest BCUT2D eigenvalue weighted by molar-refractivity contribution is 5.58. The molecule has 0 amide bonds. The van der Waals surface area contributed by atoms with Gasteiger partial charge in [0.05, 0.1) is 17.7 Å². The Morgan fingerprint density at radius 2 is 2.05 bits per heavy atom. The molecule has 4 heteroatoms. The highest BCUT2D eigenvalue weighted by atomic mass is 16.3. The van der Waals surface area contributed by atoms with Crippen LogP contribution in [-0.2, 0) is 0 Å². The third-order valence-electron chi connectivity index (χ3n) is 3.17. The van der Waals surface area contributed by atoms with E-state index < -0.39 is 6.10 Å². The molecule has 0 radical (unpaired) electrons. The Morgan fingerprint density at radius 1 is 1.32 bits per heavy atom. The molecule has 104 valence electrons. The maximum atomic E-state index is 9.78. The first-order chi connectivity index (χ1) is 9.10. The number of rotatable bonds is 7. The van der Waals surface area contributed by atoms with Crippen LogP contribution >= 0.6 is 0 Å². The number of hydrogen-bond acceptors (Lipinski definition) is 4. The second-order valence-electron chi connectivity index (χ2n) is 4.77. The van der Waals surface area contributed by atoms with Gasteiger partial charge in [0, 0.05) is 31.5 Å². The Labute approximate surface area is 114 Å². The molecular formula is C15H22N2O2. The summed E-state index contributed by atoms with van der Waals surface area (Å²) in [6.45, 7) is 2.80. The van der Waals surface area contributed by atoms with Gasteiger partial charge in [0.15, 0.2) is 0 Å². The number of nitrogens with zero attached hydrogens (tertiary/aromatic N) is 2. The minimum atomic E-state index is -0.553. The summed E-state index contributed by atoms with van der Waals surface area (Å²) in [7, 11) is 1.96. The van der Waals surface area contributed by atoms with Gasteiger partial charge in [0.1, 0.15) is 0 Å². The Balaban J connectivity index is 2.81. The fourth-order valence-corrected chi connectivity index (χ4v) is 2.06. The molecule has 1 aromatic rings. The zero-order chi connectivity index (χ0) is 14.3. The minimum Gasteiger partial charge on any atom is -0.396 e. The molecule has 1 aromatic carbocycles. The predicted molar refractivity (Wildman–Crippen MR) is 76.0 cm³/mol. The molecule has 0 heterocycles. The number of nitriles is 1. The lowest BCUT2D eigenvalue weighted by molar-refractivity contribution is 0.199. The monoisotopic (exact) mass is 262 g/mol. The van der Waals surface area contributed by atoms with Crippen LogP contribution < -0.4 is 4.90 Å². The van der Waals surface area contributed by atoms with Crippen LogP contribution in [0, 0.1) is 11.3 Å². The normalized spacial score (nSPS) is 11.9. The summed E-state index contributed by atoms with van der Waals surface area (Å²) in [5.41, 5.74) is 2.34. The van der Waals surface area contributed by atoms with Crippen molar-refractivity contribution in [2.75, 3.05) is 25.1 Å². The van der Waals surface area contributed by atoms with Crippen LogP contribution in [-0.4, -0.2) is 30.4 Å². The Kier molecular flexibility index (Phi) is 6.34. The zero-order valence-electron chi connectivity index (χ0n) is 11.6. The van der Waals surface area contributed by atoms with Crippen molar-refractivity contribution in [3.8, 4) is 6.07 Å². The van der Waals surface area contributed by atoms with Crippen molar-refractivity contribution in [1.29, 1.82) is 5.26 Å². The predicted octanol–water partition coefficient (Wildman–Crippen LogP) is 2.21. The Bertz CT molecular complexity index is 438. The number of aliphatic hydroxyl groups is 2. The molecule has 0 fully saturated rings. The van der Waals surface area contributed by atoms with Crippen molar-refractivity contribution in [2.24, 2.45) is 0 Å². The zero-order valence-corrected chi connectivity index (χ0v) is 11.6. The van der Waals surface area contributed by atoms with Crippen molar-refractivity contribution in [1.82, 2.24) is 0 Å². The molecule has 0 saturated carbocycles. The van der Waals surface area contributed by atoms with Crippen LogP contribution in [0.4, 0.5) is 5.69 Å². The highest BCUT2D eigenvalue weighted by Gasteiger charge is 2.12. The van der Waals surface area contributed by atoms with Gasteiger partial charge in [-0.3, -0.25) is 0 Å². The average molecular weight is 262 g/mol. The largest absolute Gasteiger partial charge is 0.396 e. The molecule has 0 bridgehead atoms. The molecule has 1 atom stereocenters. The molecule has 0 spiro atoms. The molecule has 0 aliphatic rings. The van der Waals surface area contributed by atoms with E-state index in [1.165, 1.54) is 0 Å². The summed E-state index contributed by atoms with van der Waals surface area (Å²) >= 11 is 0. The van der Waals surface area contributed by atoms with Gasteiger partial charge in [0.25, 0.3) is 0 Å². The number of unbranched alkanes of at least 4 members (excludes halogenated alkanes) is 2. The highest BCUT2D eigenvalue weighted by Crippen LogP contribution is 2.27. The summed E-state index contributed by atoms with van der Waals surface area (Å²) in [6.07, 6.45) is 2.22. The van der Waals surface area contributed by atoms with Crippen LogP contribution in [0.2, 0.25) is 0 Å². The summed E-state index contributed by atoms with van der Waals surface area (Å²) in [5.74, 6) is 0. The average Bonchev–Trinajstić information content (AvgIpc) is 2.42. The summed E-state index contributed by atoms with van der Waals surface area (Å²) in [6, 6.07) is 7.47. The van der Waals surface area contributed by atoms with Gasteiger partial charge in [-0.15, -0.1) is 0 Å². The molecule has 0 saturated heterocycles. The van der Waals surface area contributed by atoms with Crippen molar-refractivity contribution in [3.05, 3.63) is 29.3 Å². The SMILES string of the molecule is C[C@H](O)c1ccc(C#N)cc1N(C)CCCCCO. The van der Waals surface area contributed by atoms with E-state index in [0.29, 0.717) is 5.56 Å². The van der Waals surface area contributed by atoms with Crippen molar-refractivity contribution < 1.29 is 10.2 Å². The van der Waals surface area contributed by atoms with Gasteiger partial charge in [-0.2, -0.15) is 5.26 Å². The van der Waals surface area contributed by atoms with Gasteiger partial charge in [-0.1, -0.05) is 6.07 Å². The number of anilines is 1. The van der Waals surface area contributed by atoms with E-state index in [9.17, 15) is 5.11 Å². The molecule has 1 rings (SSSR count). The van der Waals surface area contributed by atoms with Crippen molar-refractivity contribution >= 4 is 5.69 Å². The van der Waals surface area contributed by atoms with Gasteiger partial charge in [0.2, 0.25) is 0 Å². The van der Waals surface area contributed by atoms with E-state index in [0.717, 1.165) is 37.1 Å². The van der Waals surface area contributed by atoms with Crippen LogP contribution in [0.1, 0.15) is 43.4 Å². The lowest BCUT2D eigenvalue weighted by Crippen LogP contribution is -2.20. The lowest BCUT2D eigenvalue weighted by atomic mass is 10.0. The topological polar surface area (TPSA) is 67.5 Å². The van der Waals surface area contributed by atoms with Crippen molar-refractivity contribution in [3.63, 3.8) is 0 Å². The first-order valence-corrected chi connectivity index (χ1v) is 6.64. The summed E-state index contributed by atoms with van der Waals surface area (Å²) < 4.78 is 0. The van der Waals surface area contributed by atoms with E-state index in [2.05, 4.69) is 11.0 Å². The molecule has 4 nitrogen and oxygen atoms in total. The van der Waals surface area contributed by atoms with E-state index in [-0.39, 0.29) is 6.61 Å². The molecule has 0 aromatic heterocycles. The Hall–Kier alpha value is -1.57. The summed E-state index contributed by atoms with van der Waals surface area (Å²) in [5, 5.41) is 27.5. The summed E-state index contributed by atoms with van der Waals surface area (Å²) in [4.78, 5) is 2.06. The van der Waals surface area contributed by atoms with Gasteiger partial charge >= 0.3 is 0 Å². The maximum absolute atomic E-state index is 9.78. The fraction of sp³-hybridized carbons (Fsp3) is 0.533. The fourth-order valence-electron chi connectivity index (χ4n) is 2.06. The first kappa shape index (κ1) is 15.5. The lowest BCUT2D eigenvalue weighted by Gasteiger charge is -2.24. The van der Waals surface area contributed by atoms with Gasteiger partial charge in [-0.05, 0) is 38.3 Å². The molecule has 19 heavy (non-hydrogen) atoms. The number of aliphatic hydroxyl groups excluding tert-OH is 2.